The highest BCUT2D eigenvalue weighted by Gasteiger charge is 2.16. The van der Waals surface area contributed by atoms with Crippen LogP contribution in [0.3, 0.4) is 0 Å². The number of aliphatic hydroxyl groups excluding tert-OH is 1. The van der Waals surface area contributed by atoms with Crippen molar-refractivity contribution >= 4 is 25.5 Å². The molecular formula is C10H16N2O5S2. The van der Waals surface area contributed by atoms with Gasteiger partial charge in [0.05, 0.1) is 23.0 Å². The molecule has 9 heteroatoms. The van der Waals surface area contributed by atoms with Gasteiger partial charge in [0.1, 0.15) is 0 Å². The molecule has 4 N–H and O–H groups in total. The lowest BCUT2D eigenvalue weighted by Gasteiger charge is -2.07. The normalized spacial score (nSPS) is 12.5. The Kier molecular flexibility index (Phi) is 5.29. The minimum atomic E-state index is -3.75. The van der Waals surface area contributed by atoms with Crippen molar-refractivity contribution in [3.63, 3.8) is 0 Å². The molecule has 0 unspecified atom stereocenters. The van der Waals surface area contributed by atoms with Gasteiger partial charge in [0, 0.05) is 12.2 Å². The molecule has 0 saturated carbocycles. The standard InChI is InChI=1S/C10H16N2O5S2/c11-9-1-3-10(4-2-9)19(16,17)12-5-7-18(14,15)8-6-13/h1-4,12-13H,5-8,11H2. The largest absolute Gasteiger partial charge is 0.399 e. The van der Waals surface area contributed by atoms with Gasteiger partial charge in [0.25, 0.3) is 0 Å². The van der Waals surface area contributed by atoms with Gasteiger partial charge in [-0.1, -0.05) is 0 Å². The minimum absolute atomic E-state index is 0.0151. The molecule has 0 bridgehead atoms. The maximum atomic E-state index is 11.8. The first-order valence-electron chi connectivity index (χ1n) is 5.43. The smallest absolute Gasteiger partial charge is 0.240 e. The number of nitrogens with one attached hydrogen (secondary N) is 1. The monoisotopic (exact) mass is 308 g/mol. The summed E-state index contributed by atoms with van der Waals surface area (Å²) in [6.07, 6.45) is 0. The highest BCUT2D eigenvalue weighted by atomic mass is 32.2. The Balaban J connectivity index is 2.64. The maximum Gasteiger partial charge on any atom is 0.240 e. The highest BCUT2D eigenvalue weighted by Crippen LogP contribution is 2.11. The second-order valence-corrected chi connectivity index (χ2v) is 7.91. The summed E-state index contributed by atoms with van der Waals surface area (Å²) in [4.78, 5) is 0.0151. The van der Waals surface area contributed by atoms with E-state index in [0.717, 1.165) is 0 Å². The van der Waals surface area contributed by atoms with Gasteiger partial charge in [-0.05, 0) is 24.3 Å². The van der Waals surface area contributed by atoms with Crippen LogP contribution in [0.25, 0.3) is 0 Å². The van der Waals surface area contributed by atoms with Crippen molar-refractivity contribution in [2.24, 2.45) is 0 Å². The third-order valence-corrected chi connectivity index (χ3v) is 5.41. The van der Waals surface area contributed by atoms with E-state index in [9.17, 15) is 16.8 Å². The summed E-state index contributed by atoms with van der Waals surface area (Å²) in [5.41, 5.74) is 5.88. The van der Waals surface area contributed by atoms with Crippen LogP contribution in [0.15, 0.2) is 29.2 Å². The quantitative estimate of drug-likeness (QED) is 0.552. The number of anilines is 1. The molecule has 1 aromatic rings. The van der Waals surface area contributed by atoms with Crippen LogP contribution < -0.4 is 10.5 Å². The molecule has 0 heterocycles. The Morgan fingerprint density at radius 2 is 1.63 bits per heavy atom. The zero-order valence-electron chi connectivity index (χ0n) is 10.1. The van der Waals surface area contributed by atoms with Gasteiger partial charge in [-0.15, -0.1) is 0 Å². The van der Waals surface area contributed by atoms with E-state index in [2.05, 4.69) is 4.72 Å². The first kappa shape index (κ1) is 15.9. The number of hydrogen-bond donors (Lipinski definition) is 3. The summed E-state index contributed by atoms with van der Waals surface area (Å²) >= 11 is 0. The molecule has 0 aliphatic rings. The molecule has 1 aromatic carbocycles. The molecule has 0 amide bonds. The van der Waals surface area contributed by atoms with E-state index >= 15 is 0 Å². The number of nitrogen functional groups attached to an aromatic ring is 1. The fraction of sp³-hybridized carbons (Fsp3) is 0.400. The van der Waals surface area contributed by atoms with Crippen LogP contribution in [-0.2, 0) is 19.9 Å². The fourth-order valence-electron chi connectivity index (χ4n) is 1.30. The minimum Gasteiger partial charge on any atom is -0.399 e. The lowest BCUT2D eigenvalue weighted by Crippen LogP contribution is -2.30. The van der Waals surface area contributed by atoms with E-state index < -0.39 is 26.5 Å². The van der Waals surface area contributed by atoms with Crippen molar-refractivity contribution in [3.8, 4) is 0 Å². The van der Waals surface area contributed by atoms with Crippen LogP contribution >= 0.6 is 0 Å². The first-order chi connectivity index (χ1) is 8.77. The molecule has 19 heavy (non-hydrogen) atoms. The van der Waals surface area contributed by atoms with Crippen LogP contribution in [0.1, 0.15) is 0 Å². The van der Waals surface area contributed by atoms with Crippen LogP contribution in [0.4, 0.5) is 5.69 Å². The molecule has 0 saturated heterocycles. The Labute approximate surface area is 112 Å². The number of benzene rings is 1. The lowest BCUT2D eigenvalue weighted by molar-refractivity contribution is 0.319. The molecule has 0 radical (unpaired) electrons. The third kappa shape index (κ3) is 5.15. The number of aliphatic hydroxyl groups is 1. The fourth-order valence-corrected chi connectivity index (χ4v) is 3.36. The third-order valence-electron chi connectivity index (χ3n) is 2.30. The second-order valence-electron chi connectivity index (χ2n) is 3.84. The van der Waals surface area contributed by atoms with Crippen molar-refractivity contribution in [3.05, 3.63) is 24.3 Å². The molecule has 7 nitrogen and oxygen atoms in total. The van der Waals surface area contributed by atoms with Gasteiger partial charge in [0.15, 0.2) is 9.84 Å². The highest BCUT2D eigenvalue weighted by molar-refractivity contribution is 7.91. The number of nitrogens with two attached hydrogens (primary N) is 1. The topological polar surface area (TPSA) is 127 Å². The Morgan fingerprint density at radius 1 is 1.05 bits per heavy atom. The van der Waals surface area contributed by atoms with Crippen molar-refractivity contribution < 1.29 is 21.9 Å². The van der Waals surface area contributed by atoms with E-state index in [4.69, 9.17) is 10.8 Å². The Morgan fingerprint density at radius 3 is 2.16 bits per heavy atom. The van der Waals surface area contributed by atoms with Crippen molar-refractivity contribution in [2.75, 3.05) is 30.4 Å². The molecule has 108 valence electrons. The summed E-state index contributed by atoms with van der Waals surface area (Å²) < 4.78 is 48.3. The second kappa shape index (κ2) is 6.33. The van der Waals surface area contributed by atoms with Crippen LogP contribution in [-0.4, -0.2) is 46.6 Å². The van der Waals surface area contributed by atoms with Crippen molar-refractivity contribution in [1.82, 2.24) is 4.72 Å². The molecule has 0 fully saturated rings. The molecule has 0 spiro atoms. The SMILES string of the molecule is Nc1ccc(S(=O)(=O)NCCS(=O)(=O)CCO)cc1. The van der Waals surface area contributed by atoms with E-state index in [1.54, 1.807) is 0 Å². The average Bonchev–Trinajstić information content (AvgIpc) is 2.28. The predicted molar refractivity (Wildman–Crippen MR) is 71.8 cm³/mol. The van der Waals surface area contributed by atoms with Gasteiger partial charge in [0.2, 0.25) is 10.0 Å². The number of hydrogen-bond acceptors (Lipinski definition) is 6. The molecule has 0 aliphatic carbocycles. The van der Waals surface area contributed by atoms with Crippen LogP contribution in [0.2, 0.25) is 0 Å². The summed E-state index contributed by atoms with van der Waals surface area (Å²) in [6.45, 7) is -0.720. The Hall–Kier alpha value is -1.16. The summed E-state index contributed by atoms with van der Waals surface area (Å²) in [7, 11) is -7.19. The predicted octanol–water partition coefficient (Wildman–Crippen LogP) is -1.05. The number of sulfonamides is 1. The van der Waals surface area contributed by atoms with E-state index in [-0.39, 0.29) is 22.9 Å². The van der Waals surface area contributed by atoms with Crippen molar-refractivity contribution in [1.29, 1.82) is 0 Å². The lowest BCUT2D eigenvalue weighted by atomic mass is 10.3. The maximum absolute atomic E-state index is 11.8. The molecular weight excluding hydrogens is 292 g/mol. The molecule has 0 aliphatic heterocycles. The van der Waals surface area contributed by atoms with E-state index in [0.29, 0.717) is 5.69 Å². The molecule has 0 atom stereocenters. The zero-order chi connectivity index (χ0) is 14.5. The number of sulfone groups is 1. The molecule has 1 rings (SSSR count). The van der Waals surface area contributed by atoms with Gasteiger partial charge in [-0.3, -0.25) is 0 Å². The van der Waals surface area contributed by atoms with Gasteiger partial charge in [-0.2, -0.15) is 0 Å². The van der Waals surface area contributed by atoms with E-state index in [1.807, 2.05) is 0 Å². The zero-order valence-corrected chi connectivity index (χ0v) is 11.7. The van der Waals surface area contributed by atoms with Gasteiger partial charge >= 0.3 is 0 Å². The average molecular weight is 308 g/mol. The number of rotatable bonds is 7. The summed E-state index contributed by atoms with van der Waals surface area (Å²) in [5.74, 6) is -0.738. The van der Waals surface area contributed by atoms with Crippen molar-refractivity contribution in [2.45, 2.75) is 4.90 Å². The van der Waals surface area contributed by atoms with Crippen LogP contribution in [0.5, 0.6) is 0 Å². The van der Waals surface area contributed by atoms with E-state index in [1.165, 1.54) is 24.3 Å². The van der Waals surface area contributed by atoms with Gasteiger partial charge < -0.3 is 10.8 Å². The summed E-state index contributed by atoms with van der Waals surface area (Å²) in [5, 5.41) is 8.54. The first-order valence-corrected chi connectivity index (χ1v) is 8.74. The Bertz CT molecular complexity index is 608. The van der Waals surface area contributed by atoms with Crippen LogP contribution in [0, 0.1) is 0 Å². The summed E-state index contributed by atoms with van der Waals surface area (Å²) in [6, 6.07) is 5.55. The van der Waals surface area contributed by atoms with Gasteiger partial charge in [-0.25, -0.2) is 21.6 Å². The molecule has 0 aromatic heterocycles.